The van der Waals surface area contributed by atoms with E-state index in [9.17, 15) is 4.79 Å². The third-order valence-electron chi connectivity index (χ3n) is 3.12. The van der Waals surface area contributed by atoms with Gasteiger partial charge < -0.3 is 9.64 Å². The van der Waals surface area contributed by atoms with E-state index < -0.39 is 5.97 Å². The van der Waals surface area contributed by atoms with Crippen LogP contribution < -0.4 is 4.90 Å². The average Bonchev–Trinajstić information content (AvgIpc) is 2.52. The molecule has 0 heterocycles. The van der Waals surface area contributed by atoms with Crippen LogP contribution in [0, 0.1) is 11.3 Å². The van der Waals surface area contributed by atoms with Crippen molar-refractivity contribution < 1.29 is 9.53 Å². The molecule has 4 heteroatoms. The van der Waals surface area contributed by atoms with E-state index in [0.29, 0.717) is 16.7 Å². The number of ether oxygens (including phenoxy) is 1. The lowest BCUT2D eigenvalue weighted by Gasteiger charge is -2.12. The molecule has 0 aromatic heterocycles. The first-order valence-corrected chi connectivity index (χ1v) is 6.54. The molecule has 21 heavy (non-hydrogen) atoms. The fourth-order valence-electron chi connectivity index (χ4n) is 1.88. The van der Waals surface area contributed by atoms with Crippen LogP contribution in [-0.4, -0.2) is 20.1 Å². The van der Waals surface area contributed by atoms with Crippen molar-refractivity contribution in [1.29, 1.82) is 5.26 Å². The van der Waals surface area contributed by atoms with E-state index in [1.807, 2.05) is 37.2 Å². The molecule has 0 bridgehead atoms. The summed E-state index contributed by atoms with van der Waals surface area (Å²) in [6, 6.07) is 16.3. The Kier molecular flexibility index (Phi) is 4.57. The quantitative estimate of drug-likeness (QED) is 0.808. The van der Waals surface area contributed by atoms with Crippen LogP contribution in [0.3, 0.4) is 0 Å². The molecule has 2 aromatic carbocycles. The molecule has 0 aliphatic heterocycles. The van der Waals surface area contributed by atoms with Gasteiger partial charge >= 0.3 is 5.97 Å². The number of nitrogens with zero attached hydrogens (tertiary/aromatic N) is 2. The van der Waals surface area contributed by atoms with Crippen LogP contribution in [0.2, 0.25) is 0 Å². The third kappa shape index (κ3) is 3.61. The molecule has 0 saturated carbocycles. The Bertz CT molecular complexity index is 670. The van der Waals surface area contributed by atoms with Crippen LogP contribution in [0.4, 0.5) is 5.69 Å². The summed E-state index contributed by atoms with van der Waals surface area (Å²) in [5.41, 5.74) is 2.74. The molecular formula is C17H16N2O2. The lowest BCUT2D eigenvalue weighted by molar-refractivity contribution is 0.0472. The van der Waals surface area contributed by atoms with E-state index in [-0.39, 0.29) is 6.61 Å². The zero-order chi connectivity index (χ0) is 15.2. The summed E-state index contributed by atoms with van der Waals surface area (Å²) in [5.74, 6) is -0.395. The van der Waals surface area contributed by atoms with Crippen LogP contribution in [0.25, 0.3) is 0 Å². The minimum absolute atomic E-state index is 0.0952. The molecule has 0 radical (unpaired) electrons. The maximum atomic E-state index is 12.0. The maximum absolute atomic E-state index is 12.0. The van der Waals surface area contributed by atoms with Crippen molar-refractivity contribution in [3.63, 3.8) is 0 Å². The fourth-order valence-corrected chi connectivity index (χ4v) is 1.88. The largest absolute Gasteiger partial charge is 0.457 e. The van der Waals surface area contributed by atoms with E-state index >= 15 is 0 Å². The van der Waals surface area contributed by atoms with Gasteiger partial charge in [0.15, 0.2) is 0 Å². The summed E-state index contributed by atoms with van der Waals surface area (Å²) in [4.78, 5) is 13.9. The molecule has 0 N–H and O–H groups in total. The third-order valence-corrected chi connectivity index (χ3v) is 3.12. The maximum Gasteiger partial charge on any atom is 0.338 e. The van der Waals surface area contributed by atoms with Gasteiger partial charge in [-0.25, -0.2) is 4.79 Å². The van der Waals surface area contributed by atoms with Gasteiger partial charge in [-0.3, -0.25) is 0 Å². The first kappa shape index (κ1) is 14.6. The predicted octanol–water partition coefficient (Wildman–Crippen LogP) is 2.98. The average molecular weight is 280 g/mol. The number of hydrogen-bond acceptors (Lipinski definition) is 4. The van der Waals surface area contributed by atoms with Crippen molar-refractivity contribution in [3.8, 4) is 6.07 Å². The second-order valence-corrected chi connectivity index (χ2v) is 4.79. The summed E-state index contributed by atoms with van der Waals surface area (Å²) in [6.07, 6.45) is 0. The number of carbonyl (C=O) groups is 1. The van der Waals surface area contributed by atoms with Crippen LogP contribution in [-0.2, 0) is 11.3 Å². The van der Waals surface area contributed by atoms with Gasteiger partial charge in [-0.05, 0) is 30.3 Å². The molecule has 0 aliphatic carbocycles. The van der Waals surface area contributed by atoms with Crippen molar-refractivity contribution in [2.45, 2.75) is 6.61 Å². The van der Waals surface area contributed by atoms with Crippen molar-refractivity contribution in [2.75, 3.05) is 19.0 Å². The molecule has 2 rings (SSSR count). The Labute approximate surface area is 124 Å². The molecule has 0 saturated heterocycles. The van der Waals surface area contributed by atoms with Gasteiger partial charge in [0.05, 0.1) is 17.2 Å². The summed E-state index contributed by atoms with van der Waals surface area (Å²) in [5, 5.41) is 8.99. The number of hydrogen-bond donors (Lipinski definition) is 0. The lowest BCUT2D eigenvalue weighted by Crippen LogP contribution is -2.10. The fraction of sp³-hybridized carbons (Fsp3) is 0.176. The zero-order valence-electron chi connectivity index (χ0n) is 12.0. The molecule has 106 valence electrons. The van der Waals surface area contributed by atoms with Crippen LogP contribution >= 0.6 is 0 Å². The molecular weight excluding hydrogens is 264 g/mol. The number of esters is 1. The summed E-state index contributed by atoms with van der Waals surface area (Å²) in [6.45, 7) is 0.0952. The molecule has 0 spiro atoms. The van der Waals surface area contributed by atoms with Crippen LogP contribution in [0.1, 0.15) is 21.5 Å². The van der Waals surface area contributed by atoms with Gasteiger partial charge in [0.25, 0.3) is 0 Å². The number of benzene rings is 2. The number of carbonyl (C=O) groups excluding carboxylic acids is 1. The normalized spacial score (nSPS) is 9.76. The van der Waals surface area contributed by atoms with Gasteiger partial charge in [-0.2, -0.15) is 5.26 Å². The highest BCUT2D eigenvalue weighted by molar-refractivity contribution is 5.89. The topological polar surface area (TPSA) is 53.3 Å². The second-order valence-electron chi connectivity index (χ2n) is 4.79. The first-order chi connectivity index (χ1) is 10.1. The van der Waals surface area contributed by atoms with Gasteiger partial charge in [-0.1, -0.05) is 18.2 Å². The van der Waals surface area contributed by atoms with Crippen molar-refractivity contribution in [3.05, 3.63) is 65.2 Å². The Morgan fingerprint density at radius 1 is 1.14 bits per heavy atom. The van der Waals surface area contributed by atoms with E-state index in [0.717, 1.165) is 5.69 Å². The Balaban J connectivity index is 2.03. The smallest absolute Gasteiger partial charge is 0.338 e. The predicted molar refractivity (Wildman–Crippen MR) is 81.0 cm³/mol. The van der Waals surface area contributed by atoms with E-state index in [1.54, 1.807) is 30.3 Å². The Hall–Kier alpha value is -2.80. The van der Waals surface area contributed by atoms with Crippen molar-refractivity contribution in [2.24, 2.45) is 0 Å². The summed E-state index contributed by atoms with van der Waals surface area (Å²) in [7, 11) is 3.87. The summed E-state index contributed by atoms with van der Waals surface area (Å²) < 4.78 is 5.25. The van der Waals surface area contributed by atoms with Crippen LogP contribution in [0.5, 0.6) is 0 Å². The van der Waals surface area contributed by atoms with Gasteiger partial charge in [-0.15, -0.1) is 0 Å². The highest BCUT2D eigenvalue weighted by Gasteiger charge is 2.09. The van der Waals surface area contributed by atoms with E-state index in [4.69, 9.17) is 10.00 Å². The Morgan fingerprint density at radius 3 is 2.43 bits per heavy atom. The zero-order valence-corrected chi connectivity index (χ0v) is 12.0. The van der Waals surface area contributed by atoms with E-state index in [2.05, 4.69) is 6.07 Å². The van der Waals surface area contributed by atoms with Gasteiger partial charge in [0.1, 0.15) is 6.61 Å². The molecule has 0 aliphatic rings. The Morgan fingerprint density at radius 2 is 1.81 bits per heavy atom. The molecule has 0 amide bonds. The number of rotatable bonds is 4. The minimum atomic E-state index is -0.395. The highest BCUT2D eigenvalue weighted by Crippen LogP contribution is 2.14. The minimum Gasteiger partial charge on any atom is -0.457 e. The monoisotopic (exact) mass is 280 g/mol. The molecule has 0 atom stereocenters. The highest BCUT2D eigenvalue weighted by atomic mass is 16.5. The molecule has 0 unspecified atom stereocenters. The van der Waals surface area contributed by atoms with Crippen molar-refractivity contribution in [1.82, 2.24) is 0 Å². The standard InChI is InChI=1S/C17H16N2O2/c1-19(2)16-9-7-13(8-10-16)17(20)21-12-15-6-4-3-5-14(15)11-18/h3-10H,12H2,1-2H3. The second kappa shape index (κ2) is 6.58. The summed E-state index contributed by atoms with van der Waals surface area (Å²) >= 11 is 0. The first-order valence-electron chi connectivity index (χ1n) is 6.54. The molecule has 4 nitrogen and oxygen atoms in total. The SMILES string of the molecule is CN(C)c1ccc(C(=O)OCc2ccccc2C#N)cc1. The van der Waals surface area contributed by atoms with E-state index in [1.165, 1.54) is 0 Å². The van der Waals surface area contributed by atoms with Gasteiger partial charge in [0, 0.05) is 25.3 Å². The molecule has 0 fully saturated rings. The van der Waals surface area contributed by atoms with Gasteiger partial charge in [0.2, 0.25) is 0 Å². The lowest BCUT2D eigenvalue weighted by atomic mass is 10.1. The molecule has 2 aromatic rings. The number of anilines is 1. The van der Waals surface area contributed by atoms with Crippen LogP contribution in [0.15, 0.2) is 48.5 Å². The number of nitriles is 1. The van der Waals surface area contributed by atoms with Crippen molar-refractivity contribution >= 4 is 11.7 Å².